The third kappa shape index (κ3) is 4.05. The second-order valence-corrected chi connectivity index (χ2v) is 4.67. The molecule has 0 spiro atoms. The fraction of sp³-hybridized carbons (Fsp3) is 0.400. The van der Waals surface area contributed by atoms with E-state index in [1.807, 2.05) is 35.6 Å². The van der Waals surface area contributed by atoms with Gasteiger partial charge in [-0.25, -0.2) is 4.79 Å². The van der Waals surface area contributed by atoms with Crippen LogP contribution in [0.1, 0.15) is 32.3 Å². The van der Waals surface area contributed by atoms with E-state index in [4.69, 9.17) is 10.5 Å². The minimum atomic E-state index is -1.40. The van der Waals surface area contributed by atoms with Gasteiger partial charge in [0.15, 0.2) is 0 Å². The van der Waals surface area contributed by atoms with Crippen molar-refractivity contribution in [2.24, 2.45) is 11.1 Å². The van der Waals surface area contributed by atoms with Crippen molar-refractivity contribution in [2.45, 2.75) is 33.3 Å². The summed E-state index contributed by atoms with van der Waals surface area (Å²) >= 11 is 0. The number of carbonyl (C=O) groups excluding carboxylic acids is 3. The Morgan fingerprint density at radius 3 is 2.19 bits per heavy atom. The molecule has 0 saturated carbocycles. The molecule has 6 nitrogen and oxygen atoms in total. The van der Waals surface area contributed by atoms with Crippen molar-refractivity contribution in [3.63, 3.8) is 0 Å². The number of benzene rings is 1. The second kappa shape index (κ2) is 7.42. The van der Waals surface area contributed by atoms with E-state index >= 15 is 0 Å². The van der Waals surface area contributed by atoms with Crippen LogP contribution in [0.2, 0.25) is 0 Å². The first-order chi connectivity index (χ1) is 9.96. The van der Waals surface area contributed by atoms with Gasteiger partial charge in [-0.05, 0) is 18.4 Å². The number of hydrogen-bond donors (Lipinski definition) is 2. The summed E-state index contributed by atoms with van der Waals surface area (Å²) in [6.07, 6.45) is 0.437. The topological polar surface area (TPSA) is 98.5 Å². The monoisotopic (exact) mass is 292 g/mol. The van der Waals surface area contributed by atoms with E-state index in [1.165, 1.54) is 0 Å². The molecule has 0 aromatic heterocycles. The quantitative estimate of drug-likeness (QED) is 0.616. The Balaban J connectivity index is 2.81. The number of imide groups is 1. The van der Waals surface area contributed by atoms with Gasteiger partial charge in [0.1, 0.15) is 12.0 Å². The summed E-state index contributed by atoms with van der Waals surface area (Å²) in [4.78, 5) is 35.2. The second-order valence-electron chi connectivity index (χ2n) is 4.67. The van der Waals surface area contributed by atoms with Gasteiger partial charge < -0.3 is 10.5 Å². The van der Waals surface area contributed by atoms with E-state index in [0.717, 1.165) is 5.56 Å². The number of amides is 3. The molecular weight excluding hydrogens is 272 g/mol. The number of nitrogens with two attached hydrogens (primary N) is 1. The zero-order chi connectivity index (χ0) is 15.9. The Hall–Kier alpha value is -2.37. The standard InChI is InChI=1S/C15H20N2O4/c1-3-15(4-2,12(18)17-14(16)20)13(19)21-10-11-8-6-5-7-9-11/h5-9H,3-4,10H2,1-2H3,(H3,16,17,18,20). The summed E-state index contributed by atoms with van der Waals surface area (Å²) in [7, 11) is 0. The SMILES string of the molecule is CCC(CC)(C(=O)NC(N)=O)C(=O)OCc1ccccc1. The van der Waals surface area contributed by atoms with Crippen LogP contribution in [0.15, 0.2) is 30.3 Å². The molecule has 1 rings (SSSR count). The molecule has 0 aliphatic rings. The highest BCUT2D eigenvalue weighted by Crippen LogP contribution is 2.29. The summed E-state index contributed by atoms with van der Waals surface area (Å²) in [6, 6.07) is 8.16. The van der Waals surface area contributed by atoms with Gasteiger partial charge in [0.25, 0.3) is 0 Å². The molecule has 1 aromatic carbocycles. The third-order valence-electron chi connectivity index (χ3n) is 3.48. The van der Waals surface area contributed by atoms with Crippen LogP contribution < -0.4 is 11.1 Å². The lowest BCUT2D eigenvalue weighted by Crippen LogP contribution is -2.50. The molecule has 21 heavy (non-hydrogen) atoms. The molecule has 0 radical (unpaired) electrons. The first kappa shape index (κ1) is 16.7. The van der Waals surface area contributed by atoms with Crippen LogP contribution in [0.4, 0.5) is 4.79 Å². The van der Waals surface area contributed by atoms with Gasteiger partial charge in [0.2, 0.25) is 5.91 Å². The van der Waals surface area contributed by atoms with Gasteiger partial charge in [0.05, 0.1) is 0 Å². The highest BCUT2D eigenvalue weighted by atomic mass is 16.5. The zero-order valence-corrected chi connectivity index (χ0v) is 12.2. The summed E-state index contributed by atoms with van der Waals surface area (Å²) in [6.45, 7) is 3.45. The minimum absolute atomic E-state index is 0.0747. The highest BCUT2D eigenvalue weighted by molar-refractivity contribution is 6.08. The Bertz CT molecular complexity index is 510. The Morgan fingerprint density at radius 2 is 1.71 bits per heavy atom. The van der Waals surface area contributed by atoms with Crippen molar-refractivity contribution in [3.8, 4) is 0 Å². The first-order valence-electron chi connectivity index (χ1n) is 6.78. The number of urea groups is 1. The van der Waals surface area contributed by atoms with E-state index in [2.05, 4.69) is 0 Å². The van der Waals surface area contributed by atoms with Crippen molar-refractivity contribution in [2.75, 3.05) is 0 Å². The maximum atomic E-state index is 12.3. The van der Waals surface area contributed by atoms with Crippen LogP contribution >= 0.6 is 0 Å². The number of hydrogen-bond acceptors (Lipinski definition) is 4. The van der Waals surface area contributed by atoms with Crippen LogP contribution in [-0.4, -0.2) is 17.9 Å². The number of primary amides is 1. The maximum absolute atomic E-state index is 12.3. The third-order valence-corrected chi connectivity index (χ3v) is 3.48. The molecule has 3 amide bonds. The predicted octanol–water partition coefficient (Wildman–Crippen LogP) is 1.73. The van der Waals surface area contributed by atoms with Crippen LogP contribution in [0.3, 0.4) is 0 Å². The van der Waals surface area contributed by atoms with Crippen molar-refractivity contribution >= 4 is 17.9 Å². The van der Waals surface area contributed by atoms with Gasteiger partial charge in [-0.1, -0.05) is 44.2 Å². The molecule has 0 atom stereocenters. The fourth-order valence-electron chi connectivity index (χ4n) is 2.05. The summed E-state index contributed by atoms with van der Waals surface area (Å²) < 4.78 is 5.23. The summed E-state index contributed by atoms with van der Waals surface area (Å²) in [5.74, 6) is -1.38. The average Bonchev–Trinajstić information content (AvgIpc) is 2.47. The first-order valence-corrected chi connectivity index (χ1v) is 6.78. The molecular formula is C15H20N2O4. The highest BCUT2D eigenvalue weighted by Gasteiger charge is 2.44. The van der Waals surface area contributed by atoms with Gasteiger partial charge in [-0.15, -0.1) is 0 Å². The van der Waals surface area contributed by atoms with Crippen molar-refractivity contribution in [1.29, 1.82) is 0 Å². The van der Waals surface area contributed by atoms with Gasteiger partial charge in [-0.2, -0.15) is 0 Å². The maximum Gasteiger partial charge on any atom is 0.321 e. The number of rotatable bonds is 6. The lowest BCUT2D eigenvalue weighted by molar-refractivity contribution is -0.162. The van der Waals surface area contributed by atoms with Gasteiger partial charge >= 0.3 is 12.0 Å². The molecule has 0 bridgehead atoms. The lowest BCUT2D eigenvalue weighted by atomic mass is 9.81. The molecule has 1 aromatic rings. The molecule has 0 aliphatic carbocycles. The summed E-state index contributed by atoms with van der Waals surface area (Å²) in [5, 5.41) is 1.96. The van der Waals surface area contributed by atoms with E-state index in [1.54, 1.807) is 13.8 Å². The van der Waals surface area contributed by atoms with Crippen molar-refractivity contribution in [3.05, 3.63) is 35.9 Å². The minimum Gasteiger partial charge on any atom is -0.460 e. The lowest BCUT2D eigenvalue weighted by Gasteiger charge is -2.27. The van der Waals surface area contributed by atoms with Crippen molar-refractivity contribution in [1.82, 2.24) is 5.32 Å². The number of esters is 1. The number of carbonyl (C=O) groups is 3. The zero-order valence-electron chi connectivity index (χ0n) is 12.2. The normalized spacial score (nSPS) is 10.8. The van der Waals surface area contributed by atoms with E-state index in [-0.39, 0.29) is 19.4 Å². The number of nitrogens with one attached hydrogen (secondary N) is 1. The molecule has 114 valence electrons. The van der Waals surface area contributed by atoms with E-state index in [0.29, 0.717) is 0 Å². The number of ether oxygens (including phenoxy) is 1. The van der Waals surface area contributed by atoms with Crippen LogP contribution in [0, 0.1) is 5.41 Å². The Kier molecular flexibility index (Phi) is 5.90. The molecule has 6 heteroatoms. The van der Waals surface area contributed by atoms with E-state index < -0.39 is 23.3 Å². The molecule has 0 saturated heterocycles. The largest absolute Gasteiger partial charge is 0.460 e. The smallest absolute Gasteiger partial charge is 0.321 e. The van der Waals surface area contributed by atoms with Crippen molar-refractivity contribution < 1.29 is 19.1 Å². The fourth-order valence-corrected chi connectivity index (χ4v) is 2.05. The average molecular weight is 292 g/mol. The Labute approximate surface area is 123 Å². The van der Waals surface area contributed by atoms with Gasteiger partial charge in [0, 0.05) is 0 Å². The molecule has 0 aliphatic heterocycles. The van der Waals surface area contributed by atoms with Crippen LogP contribution in [0.5, 0.6) is 0 Å². The Morgan fingerprint density at radius 1 is 1.14 bits per heavy atom. The summed E-state index contributed by atoms with van der Waals surface area (Å²) in [5.41, 5.74) is 4.36. The van der Waals surface area contributed by atoms with E-state index in [9.17, 15) is 14.4 Å². The predicted molar refractivity (Wildman–Crippen MR) is 77.0 cm³/mol. The molecule has 3 N–H and O–H groups in total. The van der Waals surface area contributed by atoms with Crippen LogP contribution in [0.25, 0.3) is 0 Å². The van der Waals surface area contributed by atoms with Gasteiger partial charge in [-0.3, -0.25) is 14.9 Å². The molecule has 0 heterocycles. The van der Waals surface area contributed by atoms with Crippen LogP contribution in [-0.2, 0) is 20.9 Å². The molecule has 0 unspecified atom stereocenters. The molecule has 0 fully saturated rings.